The summed E-state index contributed by atoms with van der Waals surface area (Å²) in [6, 6.07) is 3.90. The van der Waals surface area contributed by atoms with Gasteiger partial charge in [-0.25, -0.2) is 9.67 Å². The Kier molecular flexibility index (Phi) is 6.11. The van der Waals surface area contributed by atoms with E-state index in [1.165, 1.54) is 0 Å². The van der Waals surface area contributed by atoms with E-state index in [2.05, 4.69) is 25.7 Å². The molecule has 0 atom stereocenters. The van der Waals surface area contributed by atoms with Gasteiger partial charge >= 0.3 is 0 Å². The Morgan fingerprint density at radius 2 is 1.90 bits per heavy atom. The van der Waals surface area contributed by atoms with Gasteiger partial charge in [-0.1, -0.05) is 0 Å². The lowest BCUT2D eigenvalue weighted by atomic mass is 10.0. The molecule has 3 aromatic heterocycles. The minimum atomic E-state index is -0.195. The molecule has 2 amide bonds. The quantitative estimate of drug-likeness (QED) is 0.632. The zero-order valence-corrected chi connectivity index (χ0v) is 17.8. The van der Waals surface area contributed by atoms with Crippen molar-refractivity contribution in [3.05, 3.63) is 48.0 Å². The maximum absolute atomic E-state index is 13.1. The molecule has 0 saturated carbocycles. The van der Waals surface area contributed by atoms with Crippen molar-refractivity contribution >= 4 is 28.5 Å². The first kappa shape index (κ1) is 20.8. The van der Waals surface area contributed by atoms with Crippen molar-refractivity contribution in [1.82, 2.24) is 30.0 Å². The van der Waals surface area contributed by atoms with Crippen LogP contribution in [0, 0.1) is 0 Å². The van der Waals surface area contributed by atoms with Gasteiger partial charge in [-0.05, 0) is 37.5 Å². The van der Waals surface area contributed by atoms with Gasteiger partial charge in [-0.15, -0.1) is 0 Å². The van der Waals surface area contributed by atoms with E-state index in [4.69, 9.17) is 0 Å². The number of pyridine rings is 2. The summed E-state index contributed by atoms with van der Waals surface area (Å²) in [5.74, 6) is -0.0933. The zero-order valence-electron chi connectivity index (χ0n) is 17.8. The first-order valence-electron chi connectivity index (χ1n) is 10.6. The SMILES string of the molecule is CCn1ncc2c(NC3CCN(C(C)=O)CC3)c(C(=O)NCc3ccncc3)cnc21. The second kappa shape index (κ2) is 9.11. The van der Waals surface area contributed by atoms with Gasteiger partial charge in [0.05, 0.1) is 22.8 Å². The predicted molar refractivity (Wildman–Crippen MR) is 118 cm³/mol. The van der Waals surface area contributed by atoms with Gasteiger partial charge in [0.15, 0.2) is 5.65 Å². The van der Waals surface area contributed by atoms with Crippen molar-refractivity contribution in [2.75, 3.05) is 18.4 Å². The monoisotopic (exact) mass is 421 g/mol. The smallest absolute Gasteiger partial charge is 0.255 e. The van der Waals surface area contributed by atoms with Crippen LogP contribution in [0.3, 0.4) is 0 Å². The minimum absolute atomic E-state index is 0.102. The number of aryl methyl sites for hydroxylation is 1. The first-order chi connectivity index (χ1) is 15.1. The zero-order chi connectivity index (χ0) is 21.8. The third kappa shape index (κ3) is 4.50. The highest BCUT2D eigenvalue weighted by molar-refractivity contribution is 6.06. The van der Waals surface area contributed by atoms with E-state index in [1.807, 2.05) is 28.6 Å². The number of anilines is 1. The van der Waals surface area contributed by atoms with Gasteiger partial charge in [0, 0.05) is 57.7 Å². The van der Waals surface area contributed by atoms with E-state index in [1.54, 1.807) is 31.7 Å². The summed E-state index contributed by atoms with van der Waals surface area (Å²) in [6.07, 6.45) is 8.43. The normalized spacial score (nSPS) is 14.6. The number of hydrogen-bond donors (Lipinski definition) is 2. The lowest BCUT2D eigenvalue weighted by Gasteiger charge is -2.32. The Balaban J connectivity index is 1.59. The van der Waals surface area contributed by atoms with Crippen molar-refractivity contribution in [2.24, 2.45) is 0 Å². The van der Waals surface area contributed by atoms with Gasteiger partial charge < -0.3 is 15.5 Å². The number of aromatic nitrogens is 4. The summed E-state index contributed by atoms with van der Waals surface area (Å²) in [7, 11) is 0. The van der Waals surface area contributed by atoms with Crippen LogP contribution in [-0.2, 0) is 17.9 Å². The Morgan fingerprint density at radius 1 is 1.16 bits per heavy atom. The Labute approximate surface area is 180 Å². The highest BCUT2D eigenvalue weighted by atomic mass is 16.2. The number of piperidine rings is 1. The molecule has 0 unspecified atom stereocenters. The van der Waals surface area contributed by atoms with Crippen LogP contribution in [0.5, 0.6) is 0 Å². The topological polar surface area (TPSA) is 105 Å². The van der Waals surface area contributed by atoms with Crippen LogP contribution < -0.4 is 10.6 Å². The predicted octanol–water partition coefficient (Wildman–Crippen LogP) is 2.20. The summed E-state index contributed by atoms with van der Waals surface area (Å²) in [5.41, 5.74) is 2.96. The van der Waals surface area contributed by atoms with E-state index in [9.17, 15) is 9.59 Å². The molecular formula is C22H27N7O2. The van der Waals surface area contributed by atoms with Crippen molar-refractivity contribution in [1.29, 1.82) is 0 Å². The van der Waals surface area contributed by atoms with Crippen molar-refractivity contribution in [3.63, 3.8) is 0 Å². The summed E-state index contributed by atoms with van der Waals surface area (Å²) in [6.45, 7) is 6.13. The summed E-state index contributed by atoms with van der Waals surface area (Å²) < 4.78 is 1.82. The molecule has 0 aromatic carbocycles. The van der Waals surface area contributed by atoms with Crippen LogP contribution >= 0.6 is 0 Å². The summed E-state index contributed by atoms with van der Waals surface area (Å²) in [4.78, 5) is 35.1. The van der Waals surface area contributed by atoms with Crippen molar-refractivity contribution in [3.8, 4) is 0 Å². The highest BCUT2D eigenvalue weighted by Crippen LogP contribution is 2.28. The van der Waals surface area contributed by atoms with Crippen LogP contribution in [0.1, 0.15) is 42.6 Å². The molecule has 0 spiro atoms. The van der Waals surface area contributed by atoms with Crippen LogP contribution in [-0.4, -0.2) is 55.6 Å². The van der Waals surface area contributed by atoms with E-state index in [0.29, 0.717) is 31.7 Å². The van der Waals surface area contributed by atoms with E-state index in [-0.39, 0.29) is 17.9 Å². The molecule has 1 saturated heterocycles. The van der Waals surface area contributed by atoms with Crippen LogP contribution in [0.2, 0.25) is 0 Å². The average molecular weight is 422 g/mol. The molecule has 162 valence electrons. The molecule has 9 heteroatoms. The molecule has 1 fully saturated rings. The first-order valence-corrected chi connectivity index (χ1v) is 10.6. The molecule has 1 aliphatic rings. The average Bonchev–Trinajstić information content (AvgIpc) is 3.22. The van der Waals surface area contributed by atoms with Gasteiger partial charge in [-0.2, -0.15) is 5.10 Å². The third-order valence-electron chi connectivity index (χ3n) is 5.70. The van der Waals surface area contributed by atoms with Gasteiger partial charge in [0.2, 0.25) is 5.91 Å². The van der Waals surface area contributed by atoms with E-state index < -0.39 is 0 Å². The summed E-state index contributed by atoms with van der Waals surface area (Å²) >= 11 is 0. The fourth-order valence-electron chi connectivity index (χ4n) is 3.91. The fourth-order valence-corrected chi connectivity index (χ4v) is 3.91. The molecule has 1 aliphatic heterocycles. The molecule has 9 nitrogen and oxygen atoms in total. The number of nitrogens with one attached hydrogen (secondary N) is 2. The Morgan fingerprint density at radius 3 is 2.58 bits per heavy atom. The number of likely N-dealkylation sites (tertiary alicyclic amines) is 1. The van der Waals surface area contributed by atoms with Gasteiger partial charge in [0.25, 0.3) is 5.91 Å². The molecule has 31 heavy (non-hydrogen) atoms. The molecule has 4 heterocycles. The van der Waals surface area contributed by atoms with Crippen molar-refractivity contribution < 1.29 is 9.59 Å². The van der Waals surface area contributed by atoms with E-state index >= 15 is 0 Å². The second-order valence-electron chi connectivity index (χ2n) is 7.71. The second-order valence-corrected chi connectivity index (χ2v) is 7.71. The van der Waals surface area contributed by atoms with Gasteiger partial charge in [-0.3, -0.25) is 14.6 Å². The van der Waals surface area contributed by atoms with Crippen LogP contribution in [0.4, 0.5) is 5.69 Å². The molecular weight excluding hydrogens is 394 g/mol. The molecule has 3 aromatic rings. The summed E-state index contributed by atoms with van der Waals surface area (Å²) in [5, 5.41) is 11.8. The molecule has 0 radical (unpaired) electrons. The fraction of sp³-hybridized carbons (Fsp3) is 0.409. The minimum Gasteiger partial charge on any atom is -0.381 e. The Hall–Kier alpha value is -3.49. The Bertz CT molecular complexity index is 1070. The highest BCUT2D eigenvalue weighted by Gasteiger charge is 2.24. The standard InChI is InChI=1S/C22H27N7O2/c1-3-29-21-18(14-26-29)20(27-17-6-10-28(11-7-17)15(2)30)19(13-24-21)22(31)25-12-16-4-8-23-9-5-16/h4-5,8-9,13-14,17H,3,6-7,10-12H2,1-2H3,(H,24,27)(H,25,31). The maximum Gasteiger partial charge on any atom is 0.255 e. The maximum atomic E-state index is 13.1. The number of hydrogen-bond acceptors (Lipinski definition) is 6. The third-order valence-corrected chi connectivity index (χ3v) is 5.70. The molecule has 0 bridgehead atoms. The number of fused-ring (bicyclic) bond motifs is 1. The number of carbonyl (C=O) groups is 2. The number of carbonyl (C=O) groups excluding carboxylic acids is 2. The van der Waals surface area contributed by atoms with Crippen LogP contribution in [0.15, 0.2) is 36.9 Å². The number of rotatable bonds is 6. The van der Waals surface area contributed by atoms with Crippen molar-refractivity contribution in [2.45, 2.75) is 45.8 Å². The number of amides is 2. The largest absolute Gasteiger partial charge is 0.381 e. The lowest BCUT2D eigenvalue weighted by molar-refractivity contribution is -0.129. The molecule has 2 N–H and O–H groups in total. The van der Waals surface area contributed by atoms with Crippen LogP contribution in [0.25, 0.3) is 11.0 Å². The van der Waals surface area contributed by atoms with E-state index in [0.717, 1.165) is 35.1 Å². The number of nitrogens with zero attached hydrogens (tertiary/aromatic N) is 5. The lowest BCUT2D eigenvalue weighted by Crippen LogP contribution is -2.41. The molecule has 0 aliphatic carbocycles. The van der Waals surface area contributed by atoms with Gasteiger partial charge in [0.1, 0.15) is 0 Å². The molecule has 4 rings (SSSR count).